The first-order valence-corrected chi connectivity index (χ1v) is 7.93. The summed E-state index contributed by atoms with van der Waals surface area (Å²) in [6.07, 6.45) is 0.130. The Bertz CT molecular complexity index is 827. The second kappa shape index (κ2) is 7.38. The molecule has 3 rings (SSSR count). The molecule has 1 fully saturated rings. The minimum atomic E-state index is -0.873. The minimum absolute atomic E-state index is 0.130. The molecule has 0 aliphatic carbocycles. The summed E-state index contributed by atoms with van der Waals surface area (Å²) >= 11 is 0. The standard InChI is InChI=1S/C18H17F2N3O3/c1-26-14-5-3-13(4-6-14)23-10-12(9-17(23)24)21-18(25)22-16-7-2-11(19)8-15(16)20/h2-8,12H,9-10H2,1H3,(H2,21,22,25)/t12-/m0/s1. The number of methoxy groups -OCH3 is 1. The quantitative estimate of drug-likeness (QED) is 0.880. The predicted octanol–water partition coefficient (Wildman–Crippen LogP) is 2.90. The monoisotopic (exact) mass is 361 g/mol. The molecule has 0 spiro atoms. The number of urea groups is 1. The van der Waals surface area contributed by atoms with Gasteiger partial charge in [-0.3, -0.25) is 4.79 Å². The second-order valence-corrected chi connectivity index (χ2v) is 5.83. The molecule has 26 heavy (non-hydrogen) atoms. The Kier molecular flexibility index (Phi) is 5.01. The molecule has 1 aliphatic heterocycles. The van der Waals surface area contributed by atoms with Crippen molar-refractivity contribution < 1.29 is 23.1 Å². The van der Waals surface area contributed by atoms with Crippen LogP contribution in [0.25, 0.3) is 0 Å². The highest BCUT2D eigenvalue weighted by Crippen LogP contribution is 2.24. The molecule has 0 bridgehead atoms. The van der Waals surface area contributed by atoms with Crippen molar-refractivity contribution in [3.63, 3.8) is 0 Å². The Morgan fingerprint density at radius 2 is 1.92 bits per heavy atom. The SMILES string of the molecule is COc1ccc(N2C[C@@H](NC(=O)Nc3ccc(F)cc3F)CC2=O)cc1. The molecule has 3 amide bonds. The van der Waals surface area contributed by atoms with E-state index in [1.807, 2.05) is 0 Å². The Morgan fingerprint density at radius 3 is 2.58 bits per heavy atom. The van der Waals surface area contributed by atoms with Gasteiger partial charge in [-0.15, -0.1) is 0 Å². The van der Waals surface area contributed by atoms with E-state index >= 15 is 0 Å². The molecule has 8 heteroatoms. The van der Waals surface area contributed by atoms with Gasteiger partial charge in [0.25, 0.3) is 0 Å². The van der Waals surface area contributed by atoms with Gasteiger partial charge in [-0.2, -0.15) is 0 Å². The van der Waals surface area contributed by atoms with Crippen LogP contribution in [-0.4, -0.2) is 31.6 Å². The van der Waals surface area contributed by atoms with Crippen LogP contribution in [0.5, 0.6) is 5.75 Å². The number of hydrogen-bond acceptors (Lipinski definition) is 3. The van der Waals surface area contributed by atoms with E-state index < -0.39 is 23.7 Å². The van der Waals surface area contributed by atoms with Crippen LogP contribution < -0.4 is 20.3 Å². The van der Waals surface area contributed by atoms with Gasteiger partial charge in [0.2, 0.25) is 5.91 Å². The Hall–Kier alpha value is -3.16. The Morgan fingerprint density at radius 1 is 1.19 bits per heavy atom. The lowest BCUT2D eigenvalue weighted by molar-refractivity contribution is -0.117. The maximum Gasteiger partial charge on any atom is 0.319 e. The number of anilines is 2. The lowest BCUT2D eigenvalue weighted by Gasteiger charge is -2.18. The zero-order valence-corrected chi connectivity index (χ0v) is 14.0. The lowest BCUT2D eigenvalue weighted by Crippen LogP contribution is -2.39. The summed E-state index contributed by atoms with van der Waals surface area (Å²) in [4.78, 5) is 25.8. The molecular weight excluding hydrogens is 344 g/mol. The van der Waals surface area contributed by atoms with Crippen LogP contribution in [0.3, 0.4) is 0 Å². The fraction of sp³-hybridized carbons (Fsp3) is 0.222. The van der Waals surface area contributed by atoms with Crippen molar-refractivity contribution in [2.75, 3.05) is 23.9 Å². The zero-order chi connectivity index (χ0) is 18.7. The summed E-state index contributed by atoms with van der Waals surface area (Å²) in [5.41, 5.74) is 0.560. The highest BCUT2D eigenvalue weighted by atomic mass is 19.1. The number of nitrogens with one attached hydrogen (secondary N) is 2. The molecular formula is C18H17F2N3O3. The molecule has 0 unspecified atom stereocenters. The third-order valence-electron chi connectivity index (χ3n) is 4.02. The van der Waals surface area contributed by atoms with E-state index in [0.717, 1.165) is 12.1 Å². The summed E-state index contributed by atoms with van der Waals surface area (Å²) in [5.74, 6) is -1.06. The molecule has 6 nitrogen and oxygen atoms in total. The van der Waals surface area contributed by atoms with E-state index in [4.69, 9.17) is 4.74 Å². The number of hydrogen-bond donors (Lipinski definition) is 2. The smallest absolute Gasteiger partial charge is 0.319 e. The van der Waals surface area contributed by atoms with Gasteiger partial charge in [0, 0.05) is 24.7 Å². The summed E-state index contributed by atoms with van der Waals surface area (Å²) in [6, 6.07) is 8.77. The number of carbonyl (C=O) groups is 2. The van der Waals surface area contributed by atoms with Crippen molar-refractivity contribution >= 4 is 23.3 Å². The fourth-order valence-corrected chi connectivity index (χ4v) is 2.75. The Labute approximate surface area is 148 Å². The van der Waals surface area contributed by atoms with E-state index in [2.05, 4.69) is 10.6 Å². The zero-order valence-electron chi connectivity index (χ0n) is 14.0. The van der Waals surface area contributed by atoms with Crippen LogP contribution in [0.4, 0.5) is 25.0 Å². The number of halogens is 2. The van der Waals surface area contributed by atoms with Gasteiger partial charge in [-0.05, 0) is 36.4 Å². The molecule has 0 aromatic heterocycles. The highest BCUT2D eigenvalue weighted by molar-refractivity contribution is 5.97. The van der Waals surface area contributed by atoms with Crippen molar-refractivity contribution in [2.24, 2.45) is 0 Å². The number of amides is 3. The molecule has 1 saturated heterocycles. The van der Waals surface area contributed by atoms with Gasteiger partial charge in [-0.25, -0.2) is 13.6 Å². The average molecular weight is 361 g/mol. The number of carbonyl (C=O) groups excluding carboxylic acids is 2. The topological polar surface area (TPSA) is 70.7 Å². The van der Waals surface area contributed by atoms with Crippen molar-refractivity contribution in [1.82, 2.24) is 5.32 Å². The fourth-order valence-electron chi connectivity index (χ4n) is 2.75. The van der Waals surface area contributed by atoms with Crippen molar-refractivity contribution in [3.8, 4) is 5.75 Å². The summed E-state index contributed by atoms with van der Waals surface area (Å²) in [5, 5.41) is 4.93. The van der Waals surface area contributed by atoms with Crippen molar-refractivity contribution in [3.05, 3.63) is 54.1 Å². The molecule has 1 heterocycles. The molecule has 2 N–H and O–H groups in total. The molecule has 0 radical (unpaired) electrons. The van der Waals surface area contributed by atoms with Gasteiger partial charge < -0.3 is 20.3 Å². The molecule has 2 aromatic carbocycles. The molecule has 136 valence electrons. The number of nitrogens with zero attached hydrogens (tertiary/aromatic N) is 1. The second-order valence-electron chi connectivity index (χ2n) is 5.83. The van der Waals surface area contributed by atoms with Crippen LogP contribution >= 0.6 is 0 Å². The van der Waals surface area contributed by atoms with Gasteiger partial charge in [0.1, 0.15) is 17.4 Å². The molecule has 0 saturated carbocycles. The first-order chi connectivity index (χ1) is 12.5. The van der Waals surface area contributed by atoms with E-state index in [1.165, 1.54) is 0 Å². The number of ether oxygens (including phenoxy) is 1. The summed E-state index contributed by atoms with van der Waals surface area (Å²) in [7, 11) is 1.55. The third-order valence-corrected chi connectivity index (χ3v) is 4.02. The maximum absolute atomic E-state index is 13.6. The van der Waals surface area contributed by atoms with Crippen LogP contribution in [0, 0.1) is 11.6 Å². The van der Waals surface area contributed by atoms with Crippen molar-refractivity contribution in [1.29, 1.82) is 0 Å². The van der Waals surface area contributed by atoms with Gasteiger partial charge in [0.15, 0.2) is 0 Å². The van der Waals surface area contributed by atoms with Crippen LogP contribution in [0.2, 0.25) is 0 Å². The normalized spacial score (nSPS) is 16.5. The van der Waals surface area contributed by atoms with Gasteiger partial charge in [-0.1, -0.05) is 0 Å². The molecule has 2 aromatic rings. The first-order valence-electron chi connectivity index (χ1n) is 7.93. The molecule has 1 atom stereocenters. The Balaban J connectivity index is 1.60. The van der Waals surface area contributed by atoms with E-state index in [9.17, 15) is 18.4 Å². The van der Waals surface area contributed by atoms with Gasteiger partial charge >= 0.3 is 6.03 Å². The predicted molar refractivity (Wildman–Crippen MR) is 92.3 cm³/mol. The van der Waals surface area contributed by atoms with Gasteiger partial charge in [0.05, 0.1) is 18.8 Å². The van der Waals surface area contributed by atoms with Crippen molar-refractivity contribution in [2.45, 2.75) is 12.5 Å². The number of rotatable bonds is 4. The average Bonchev–Trinajstić information content (AvgIpc) is 2.97. The maximum atomic E-state index is 13.6. The van der Waals surface area contributed by atoms with E-state index in [-0.39, 0.29) is 18.0 Å². The molecule has 1 aliphatic rings. The lowest BCUT2D eigenvalue weighted by atomic mass is 10.2. The minimum Gasteiger partial charge on any atom is -0.497 e. The van der Waals surface area contributed by atoms with Crippen LogP contribution in [0.1, 0.15) is 6.42 Å². The number of benzene rings is 2. The first kappa shape index (κ1) is 17.7. The summed E-state index contributed by atoms with van der Waals surface area (Å²) < 4.78 is 31.5. The van der Waals surface area contributed by atoms with E-state index in [1.54, 1.807) is 36.3 Å². The van der Waals surface area contributed by atoms with Crippen LogP contribution in [-0.2, 0) is 4.79 Å². The van der Waals surface area contributed by atoms with E-state index in [0.29, 0.717) is 24.0 Å². The largest absolute Gasteiger partial charge is 0.497 e. The highest BCUT2D eigenvalue weighted by Gasteiger charge is 2.31. The summed E-state index contributed by atoms with van der Waals surface area (Å²) in [6.45, 7) is 0.296. The van der Waals surface area contributed by atoms with Crippen LogP contribution in [0.15, 0.2) is 42.5 Å². The third kappa shape index (κ3) is 3.90.